The van der Waals surface area contributed by atoms with Gasteiger partial charge in [0.2, 0.25) is 12.0 Å². The van der Waals surface area contributed by atoms with E-state index in [1.54, 1.807) is 0 Å². The molecule has 0 amide bonds. The molecule has 0 atom stereocenters. The van der Waals surface area contributed by atoms with Gasteiger partial charge >= 0.3 is 0 Å². The van der Waals surface area contributed by atoms with Crippen LogP contribution in [0.25, 0.3) is 0 Å². The second-order valence-electron chi connectivity index (χ2n) is 10.9. The van der Waals surface area contributed by atoms with Crippen molar-refractivity contribution >= 4 is 49.1 Å². The molecule has 4 saturated carbocycles. The first kappa shape index (κ1) is 24.0. The van der Waals surface area contributed by atoms with E-state index in [4.69, 9.17) is 22.5 Å². The summed E-state index contributed by atoms with van der Waals surface area (Å²) >= 11 is 16.6. The summed E-state index contributed by atoms with van der Waals surface area (Å²) in [6, 6.07) is 0. The first-order chi connectivity index (χ1) is 14.7. The van der Waals surface area contributed by atoms with Crippen molar-refractivity contribution < 1.29 is 0 Å². The zero-order valence-electron chi connectivity index (χ0n) is 19.0. The van der Waals surface area contributed by atoms with Crippen molar-refractivity contribution in [2.45, 2.75) is 151 Å². The molecule has 0 aromatic carbocycles. The Kier molecular flexibility index (Phi) is 8.41. The second-order valence-corrected chi connectivity index (χ2v) is 40.0. The smallest absolute Gasteiger partial charge is 0.0533 e. The third kappa shape index (κ3) is 4.24. The van der Waals surface area contributed by atoms with Crippen LogP contribution in [0.4, 0.5) is 0 Å². The highest BCUT2D eigenvalue weighted by Crippen LogP contribution is 3.41. The van der Waals surface area contributed by atoms with Crippen LogP contribution in [0.15, 0.2) is 0 Å². The maximum Gasteiger partial charge on any atom is 0.261 e. The van der Waals surface area contributed by atoms with Gasteiger partial charge in [0, 0.05) is 0 Å². The van der Waals surface area contributed by atoms with E-state index < -0.39 is 12.0 Å². The van der Waals surface area contributed by atoms with Gasteiger partial charge in [0.15, 0.2) is 0 Å². The van der Waals surface area contributed by atoms with E-state index in [1.807, 2.05) is 0 Å². The summed E-state index contributed by atoms with van der Waals surface area (Å²) in [5, 5.41) is 0. The fraction of sp³-hybridized carbons (Fsp3) is 1.00. The average molecular weight is 527 g/mol. The summed E-state index contributed by atoms with van der Waals surface area (Å²) in [5.41, 5.74) is 3.84. The van der Waals surface area contributed by atoms with Gasteiger partial charge in [-0.2, -0.15) is 0 Å². The zero-order valence-corrected chi connectivity index (χ0v) is 24.1. The van der Waals surface area contributed by atoms with Gasteiger partial charge in [-0.05, 0) is 77.0 Å². The van der Waals surface area contributed by atoms with E-state index in [0.29, 0.717) is 0 Å². The normalized spacial score (nSPS) is 43.4. The van der Waals surface area contributed by atoms with Gasteiger partial charge in [-0.25, -0.2) is 0 Å². The van der Waals surface area contributed by atoms with Crippen molar-refractivity contribution in [2.24, 2.45) is 0 Å². The Morgan fingerprint density at radius 3 is 0.967 bits per heavy atom. The van der Waals surface area contributed by atoms with E-state index in [-0.39, 0.29) is 14.6 Å². The van der Waals surface area contributed by atoms with Gasteiger partial charge in [0.05, 0.1) is 45.1 Å². The molecule has 0 aromatic rings. The molecule has 5 fully saturated rings. The van der Waals surface area contributed by atoms with Crippen LogP contribution in [0.5, 0.6) is 0 Å². The Balaban J connectivity index is 1.53. The fourth-order valence-electron chi connectivity index (χ4n) is 7.54. The molecule has 6 heteroatoms. The predicted molar refractivity (Wildman–Crippen MR) is 147 cm³/mol. The lowest BCUT2D eigenvalue weighted by Gasteiger charge is -2.57. The van der Waals surface area contributed by atoms with E-state index in [0.717, 1.165) is 22.6 Å². The quantitative estimate of drug-likeness (QED) is 0.319. The van der Waals surface area contributed by atoms with Crippen LogP contribution in [0.2, 0.25) is 0 Å². The molecule has 172 valence electrons. The Hall–Kier alpha value is 2.30. The van der Waals surface area contributed by atoms with Crippen molar-refractivity contribution in [3.8, 4) is 0 Å². The Labute approximate surface area is 199 Å². The van der Waals surface area contributed by atoms with Gasteiger partial charge < -0.3 is 0 Å². The number of rotatable bonds is 4. The molecular formula is C24H44Cl2P4+2. The molecule has 0 unspecified atom stereocenters. The standard InChI is InChI=1S/C24H44Cl2P4/c25-29(23-17-9-3-10-18-23)27(21-13-5-1-6-14-21)30(26,24-19-11-4-12-20-24)28(29)22-15-7-2-8-16-22/h21-24H,1-20H2/q+2. The van der Waals surface area contributed by atoms with Crippen molar-refractivity contribution in [3.05, 3.63) is 0 Å². The van der Waals surface area contributed by atoms with Gasteiger partial charge in [0.25, 0.3) is 14.6 Å². The molecule has 4 aliphatic carbocycles. The van der Waals surface area contributed by atoms with E-state index in [2.05, 4.69) is 0 Å². The third-order valence-corrected chi connectivity index (χ3v) is 64.8. The van der Waals surface area contributed by atoms with Crippen LogP contribution in [0.3, 0.4) is 0 Å². The molecule has 0 aromatic heterocycles. The molecule has 1 aliphatic heterocycles. The van der Waals surface area contributed by atoms with Crippen LogP contribution < -0.4 is 0 Å². The van der Waals surface area contributed by atoms with Crippen molar-refractivity contribution in [1.29, 1.82) is 0 Å². The SMILES string of the molecule is Cl[P+]1(C2CCCCC2)P(C2CCCCC2)[P+](Cl)(C2CCCCC2)P1C1CCCCC1. The number of hydrogen-bond donors (Lipinski definition) is 0. The zero-order chi connectivity index (χ0) is 20.6. The maximum absolute atomic E-state index is 8.30. The molecule has 0 bridgehead atoms. The summed E-state index contributed by atoms with van der Waals surface area (Å²) in [5.74, 6) is -2.69. The first-order valence-electron chi connectivity index (χ1n) is 13.4. The molecular weight excluding hydrogens is 483 g/mol. The lowest BCUT2D eigenvalue weighted by molar-refractivity contribution is 0.504. The van der Waals surface area contributed by atoms with Gasteiger partial charge in [-0.15, -0.1) is 0 Å². The minimum Gasteiger partial charge on any atom is -0.0533 e. The lowest BCUT2D eigenvalue weighted by Crippen LogP contribution is -2.30. The molecule has 0 radical (unpaired) electrons. The summed E-state index contributed by atoms with van der Waals surface area (Å²) in [4.78, 5) is 0. The molecule has 0 nitrogen and oxygen atoms in total. The van der Waals surface area contributed by atoms with E-state index in [9.17, 15) is 0 Å². The van der Waals surface area contributed by atoms with Crippen molar-refractivity contribution in [1.82, 2.24) is 0 Å². The van der Waals surface area contributed by atoms with E-state index in [1.165, 1.54) is 128 Å². The largest absolute Gasteiger partial charge is 0.261 e. The Morgan fingerprint density at radius 1 is 0.400 bits per heavy atom. The third-order valence-electron chi connectivity index (χ3n) is 9.03. The van der Waals surface area contributed by atoms with Gasteiger partial charge in [-0.3, -0.25) is 0 Å². The van der Waals surface area contributed by atoms with Gasteiger partial charge in [-0.1, -0.05) is 51.4 Å². The van der Waals surface area contributed by atoms with Crippen LogP contribution in [-0.4, -0.2) is 22.6 Å². The minimum atomic E-state index is -1.34. The predicted octanol–water partition coefficient (Wildman–Crippen LogP) is 12.3. The molecule has 1 saturated heterocycles. The summed E-state index contributed by atoms with van der Waals surface area (Å²) < 4.78 is 0. The highest BCUT2D eigenvalue weighted by atomic mass is 35.7. The van der Waals surface area contributed by atoms with Crippen LogP contribution in [0, 0.1) is 0 Å². The molecule has 5 aliphatic rings. The first-order valence-corrected chi connectivity index (χ1v) is 24.6. The topological polar surface area (TPSA) is 0 Å². The second kappa shape index (κ2) is 10.5. The Bertz CT molecular complexity index is 506. The summed E-state index contributed by atoms with van der Waals surface area (Å²) in [6.07, 6.45) is 29.6. The summed E-state index contributed by atoms with van der Waals surface area (Å²) in [6.45, 7) is 0. The average Bonchev–Trinajstić information content (AvgIpc) is 2.81. The lowest BCUT2D eigenvalue weighted by atomic mass is 10.0. The minimum absolute atomic E-state index is 0.0348. The molecule has 5 rings (SSSR count). The molecule has 1 heterocycles. The van der Waals surface area contributed by atoms with Gasteiger partial charge in [0.1, 0.15) is 0 Å². The van der Waals surface area contributed by atoms with E-state index >= 15 is 0 Å². The monoisotopic (exact) mass is 526 g/mol. The van der Waals surface area contributed by atoms with Crippen LogP contribution >= 0.6 is 49.1 Å². The fourth-order valence-corrected chi connectivity index (χ4v) is 93.7. The Morgan fingerprint density at radius 2 is 0.667 bits per heavy atom. The summed E-state index contributed by atoms with van der Waals surface area (Å²) in [7, 11) is -0.0697. The molecule has 0 N–H and O–H groups in total. The highest BCUT2D eigenvalue weighted by molar-refractivity contribution is 9.24. The molecule has 0 spiro atoms. The van der Waals surface area contributed by atoms with Crippen LogP contribution in [0.1, 0.15) is 128 Å². The highest BCUT2D eigenvalue weighted by Gasteiger charge is 2.93. The maximum atomic E-state index is 8.30. The number of halogens is 2. The van der Waals surface area contributed by atoms with Crippen molar-refractivity contribution in [2.75, 3.05) is 0 Å². The van der Waals surface area contributed by atoms with Crippen molar-refractivity contribution in [3.63, 3.8) is 0 Å². The number of hydrogen-bond acceptors (Lipinski definition) is 0. The molecule has 30 heavy (non-hydrogen) atoms. The van der Waals surface area contributed by atoms with Crippen LogP contribution in [-0.2, 0) is 0 Å².